The normalized spacial score (nSPS) is 20.4. The van der Waals surface area contributed by atoms with Gasteiger partial charge in [-0.15, -0.1) is 0 Å². The SMILES string of the molecule is CCC1(c2ccc(F)cc2)OCc2cc(C#N)ccc21. The van der Waals surface area contributed by atoms with Crippen molar-refractivity contribution in [1.82, 2.24) is 0 Å². The van der Waals surface area contributed by atoms with E-state index in [9.17, 15) is 4.39 Å². The number of hydrogen-bond donors (Lipinski definition) is 0. The third-order valence-electron chi connectivity index (χ3n) is 3.95. The zero-order chi connectivity index (χ0) is 14.2. The van der Waals surface area contributed by atoms with Crippen LogP contribution in [0.2, 0.25) is 0 Å². The number of benzene rings is 2. The topological polar surface area (TPSA) is 33.0 Å². The lowest BCUT2D eigenvalue weighted by atomic mass is 9.83. The highest BCUT2D eigenvalue weighted by Gasteiger charge is 2.40. The van der Waals surface area contributed by atoms with Gasteiger partial charge in [0.2, 0.25) is 0 Å². The fourth-order valence-corrected chi connectivity index (χ4v) is 2.91. The number of halogens is 1. The molecule has 3 heteroatoms. The van der Waals surface area contributed by atoms with E-state index in [0.29, 0.717) is 12.2 Å². The number of fused-ring (bicyclic) bond motifs is 1. The van der Waals surface area contributed by atoms with Gasteiger partial charge in [0.15, 0.2) is 0 Å². The maximum atomic E-state index is 13.1. The number of rotatable bonds is 2. The van der Waals surface area contributed by atoms with Gasteiger partial charge in [-0.05, 0) is 47.4 Å². The van der Waals surface area contributed by atoms with E-state index in [1.807, 2.05) is 12.1 Å². The van der Waals surface area contributed by atoms with Crippen molar-refractivity contribution in [2.75, 3.05) is 0 Å². The van der Waals surface area contributed by atoms with Crippen LogP contribution in [-0.2, 0) is 16.9 Å². The number of ether oxygens (including phenoxy) is 1. The van der Waals surface area contributed by atoms with Crippen molar-refractivity contribution >= 4 is 0 Å². The van der Waals surface area contributed by atoms with Crippen LogP contribution in [0.5, 0.6) is 0 Å². The molecule has 2 aromatic rings. The van der Waals surface area contributed by atoms with Crippen molar-refractivity contribution in [3.05, 3.63) is 70.5 Å². The van der Waals surface area contributed by atoms with Gasteiger partial charge >= 0.3 is 0 Å². The van der Waals surface area contributed by atoms with E-state index in [0.717, 1.165) is 23.1 Å². The third-order valence-corrected chi connectivity index (χ3v) is 3.95. The van der Waals surface area contributed by atoms with Gasteiger partial charge in [0, 0.05) is 0 Å². The van der Waals surface area contributed by atoms with Gasteiger partial charge in [-0.1, -0.05) is 25.1 Å². The first-order valence-corrected chi connectivity index (χ1v) is 6.63. The smallest absolute Gasteiger partial charge is 0.123 e. The van der Waals surface area contributed by atoms with Crippen LogP contribution in [0, 0.1) is 17.1 Å². The molecular formula is C17H14FNO. The third kappa shape index (κ3) is 1.81. The van der Waals surface area contributed by atoms with Gasteiger partial charge < -0.3 is 4.74 Å². The molecule has 1 heterocycles. The van der Waals surface area contributed by atoms with Crippen LogP contribution >= 0.6 is 0 Å². The largest absolute Gasteiger partial charge is 0.361 e. The van der Waals surface area contributed by atoms with Gasteiger partial charge in [-0.2, -0.15) is 5.26 Å². The van der Waals surface area contributed by atoms with Crippen LogP contribution in [0.1, 0.15) is 35.6 Å². The Kier molecular flexibility index (Phi) is 3.04. The summed E-state index contributed by atoms with van der Waals surface area (Å²) in [5, 5.41) is 8.97. The zero-order valence-electron chi connectivity index (χ0n) is 11.2. The average molecular weight is 267 g/mol. The summed E-state index contributed by atoms with van der Waals surface area (Å²) in [5.74, 6) is -0.252. The minimum Gasteiger partial charge on any atom is -0.361 e. The van der Waals surface area contributed by atoms with Crippen LogP contribution < -0.4 is 0 Å². The lowest BCUT2D eigenvalue weighted by Gasteiger charge is -2.29. The molecule has 2 aromatic carbocycles. The molecule has 0 fully saturated rings. The Hall–Kier alpha value is -2.18. The molecule has 3 rings (SSSR count). The fraction of sp³-hybridized carbons (Fsp3) is 0.235. The van der Waals surface area contributed by atoms with E-state index in [1.54, 1.807) is 18.2 Å². The molecule has 0 aromatic heterocycles. The summed E-state index contributed by atoms with van der Waals surface area (Å²) < 4.78 is 19.2. The summed E-state index contributed by atoms with van der Waals surface area (Å²) in [5.41, 5.74) is 3.17. The molecule has 0 saturated carbocycles. The molecule has 0 spiro atoms. The second kappa shape index (κ2) is 4.73. The minimum atomic E-state index is -0.531. The molecule has 0 bridgehead atoms. The van der Waals surface area contributed by atoms with Crippen molar-refractivity contribution in [3.8, 4) is 6.07 Å². The van der Waals surface area contributed by atoms with Gasteiger partial charge in [0.25, 0.3) is 0 Å². The number of hydrogen-bond acceptors (Lipinski definition) is 2. The molecule has 1 aliphatic heterocycles. The van der Waals surface area contributed by atoms with Crippen molar-refractivity contribution in [2.45, 2.75) is 25.6 Å². The van der Waals surface area contributed by atoms with E-state index < -0.39 is 5.60 Å². The quantitative estimate of drug-likeness (QED) is 0.827. The molecule has 1 atom stereocenters. The molecule has 20 heavy (non-hydrogen) atoms. The van der Waals surface area contributed by atoms with Crippen molar-refractivity contribution in [2.24, 2.45) is 0 Å². The lowest BCUT2D eigenvalue weighted by molar-refractivity contribution is -0.00807. The van der Waals surface area contributed by atoms with Crippen LogP contribution in [0.3, 0.4) is 0 Å². The summed E-state index contributed by atoms with van der Waals surface area (Å²) in [6.07, 6.45) is 0.761. The molecule has 0 aliphatic carbocycles. The van der Waals surface area contributed by atoms with E-state index in [2.05, 4.69) is 13.0 Å². The summed E-state index contributed by atoms with van der Waals surface area (Å²) >= 11 is 0. The molecule has 0 N–H and O–H groups in total. The van der Waals surface area contributed by atoms with Crippen molar-refractivity contribution in [1.29, 1.82) is 5.26 Å². The highest BCUT2D eigenvalue weighted by atomic mass is 19.1. The monoisotopic (exact) mass is 267 g/mol. The first-order chi connectivity index (χ1) is 9.69. The predicted molar refractivity (Wildman–Crippen MR) is 73.4 cm³/mol. The molecule has 1 aliphatic rings. The maximum Gasteiger partial charge on any atom is 0.123 e. The summed E-state index contributed by atoms with van der Waals surface area (Å²) in [4.78, 5) is 0. The standard InChI is InChI=1S/C17H14FNO/c1-2-17(14-4-6-15(18)7-5-14)16-8-3-12(10-19)9-13(16)11-20-17/h3-9H,2,11H2,1H3. The molecule has 0 saturated heterocycles. The van der Waals surface area contributed by atoms with Gasteiger partial charge in [-0.25, -0.2) is 4.39 Å². The summed E-state index contributed by atoms with van der Waals surface area (Å²) in [6.45, 7) is 2.53. The number of nitriles is 1. The van der Waals surface area contributed by atoms with E-state index >= 15 is 0 Å². The first kappa shape index (κ1) is 12.8. The number of nitrogens with zero attached hydrogens (tertiary/aromatic N) is 1. The maximum absolute atomic E-state index is 13.1. The summed E-state index contributed by atoms with van der Waals surface area (Å²) in [7, 11) is 0. The molecule has 0 amide bonds. The Morgan fingerprint density at radius 2 is 2.00 bits per heavy atom. The van der Waals surface area contributed by atoms with Crippen molar-refractivity contribution < 1.29 is 9.13 Å². The second-order valence-electron chi connectivity index (χ2n) is 4.96. The van der Waals surface area contributed by atoms with Crippen LogP contribution in [0.25, 0.3) is 0 Å². The van der Waals surface area contributed by atoms with Gasteiger partial charge in [0.1, 0.15) is 11.4 Å². The molecule has 1 unspecified atom stereocenters. The average Bonchev–Trinajstić information content (AvgIpc) is 2.87. The van der Waals surface area contributed by atoms with E-state index in [-0.39, 0.29) is 5.82 Å². The Morgan fingerprint density at radius 3 is 2.65 bits per heavy atom. The Balaban J connectivity index is 2.14. The molecule has 0 radical (unpaired) electrons. The highest BCUT2D eigenvalue weighted by Crippen LogP contribution is 2.44. The summed E-state index contributed by atoms with van der Waals surface area (Å²) in [6, 6.07) is 14.2. The Bertz CT molecular complexity index is 687. The first-order valence-electron chi connectivity index (χ1n) is 6.63. The Labute approximate surface area is 117 Å². The second-order valence-corrected chi connectivity index (χ2v) is 4.96. The van der Waals surface area contributed by atoms with Crippen LogP contribution in [0.4, 0.5) is 4.39 Å². The van der Waals surface area contributed by atoms with Crippen LogP contribution in [0.15, 0.2) is 42.5 Å². The highest BCUT2D eigenvalue weighted by molar-refractivity contribution is 5.47. The van der Waals surface area contributed by atoms with Gasteiger partial charge in [0.05, 0.1) is 18.2 Å². The molecule has 2 nitrogen and oxygen atoms in total. The molecule has 100 valence electrons. The van der Waals surface area contributed by atoms with Crippen molar-refractivity contribution in [3.63, 3.8) is 0 Å². The predicted octanol–water partition coefficient (Wildman–Crippen LogP) is 3.88. The van der Waals surface area contributed by atoms with Crippen LogP contribution in [-0.4, -0.2) is 0 Å². The minimum absolute atomic E-state index is 0.252. The van der Waals surface area contributed by atoms with E-state index in [4.69, 9.17) is 10.00 Å². The molecular weight excluding hydrogens is 253 g/mol. The van der Waals surface area contributed by atoms with E-state index in [1.165, 1.54) is 12.1 Å². The lowest BCUT2D eigenvalue weighted by Crippen LogP contribution is -2.25. The Morgan fingerprint density at radius 1 is 1.25 bits per heavy atom. The zero-order valence-corrected chi connectivity index (χ0v) is 11.2. The van der Waals surface area contributed by atoms with Gasteiger partial charge in [-0.3, -0.25) is 0 Å². The fourth-order valence-electron chi connectivity index (χ4n) is 2.91.